The molecule has 0 spiro atoms. The number of rotatable bonds is 10. The third-order valence-electron chi connectivity index (χ3n) is 5.86. The van der Waals surface area contributed by atoms with Crippen LogP contribution in [0.15, 0.2) is 72.8 Å². The van der Waals surface area contributed by atoms with Gasteiger partial charge in [0.2, 0.25) is 5.91 Å². The molecule has 34 heavy (non-hydrogen) atoms. The van der Waals surface area contributed by atoms with E-state index in [2.05, 4.69) is 50.0 Å². The Morgan fingerprint density at radius 1 is 0.794 bits per heavy atom. The summed E-state index contributed by atoms with van der Waals surface area (Å²) in [4.78, 5) is 14.7. The lowest BCUT2D eigenvalue weighted by Crippen LogP contribution is -2.30. The van der Waals surface area contributed by atoms with E-state index in [1.807, 2.05) is 30.3 Å². The summed E-state index contributed by atoms with van der Waals surface area (Å²) >= 11 is 0. The Kier molecular flexibility index (Phi) is 9.80. The molecule has 0 saturated heterocycles. The minimum Gasteiger partial charge on any atom is -0.508 e. The normalized spacial score (nSPS) is 10.4. The summed E-state index contributed by atoms with van der Waals surface area (Å²) in [7, 11) is 0. The zero-order valence-electron chi connectivity index (χ0n) is 20.4. The van der Waals surface area contributed by atoms with Crippen molar-refractivity contribution in [1.29, 1.82) is 0 Å². The molecule has 3 aromatic rings. The number of carbonyl (C=O) groups excluding carboxylic acids is 1. The molecule has 0 radical (unpaired) electrons. The number of phenols is 1. The van der Waals surface area contributed by atoms with Crippen LogP contribution in [0.4, 0.5) is 5.69 Å². The molecule has 3 heteroatoms. The molecule has 0 aliphatic rings. The average molecular weight is 454 g/mol. The molecule has 1 N–H and O–H groups in total. The molecule has 0 atom stereocenters. The lowest BCUT2D eigenvalue weighted by atomic mass is 10.1. The van der Waals surface area contributed by atoms with E-state index in [1.165, 1.54) is 18.4 Å². The van der Waals surface area contributed by atoms with Gasteiger partial charge < -0.3 is 10.0 Å². The maximum Gasteiger partial charge on any atom is 0.227 e. The Balaban J connectivity index is 1.69. The Morgan fingerprint density at radius 3 is 2.00 bits per heavy atom. The zero-order valence-corrected chi connectivity index (χ0v) is 20.4. The van der Waals surface area contributed by atoms with Crippen molar-refractivity contribution in [3.8, 4) is 17.6 Å². The number of hydrogen-bond donors (Lipinski definition) is 1. The van der Waals surface area contributed by atoms with Crippen LogP contribution in [-0.4, -0.2) is 11.0 Å². The van der Waals surface area contributed by atoms with Crippen molar-refractivity contribution in [3.63, 3.8) is 0 Å². The van der Waals surface area contributed by atoms with Crippen molar-refractivity contribution in [2.45, 2.75) is 65.3 Å². The van der Waals surface area contributed by atoms with E-state index in [0.717, 1.165) is 42.4 Å². The summed E-state index contributed by atoms with van der Waals surface area (Å²) in [5, 5.41) is 9.91. The van der Waals surface area contributed by atoms with Crippen LogP contribution in [0.1, 0.15) is 74.6 Å². The molecule has 0 aliphatic carbocycles. The van der Waals surface area contributed by atoms with Crippen molar-refractivity contribution in [2.75, 3.05) is 4.90 Å². The number of hydrogen-bond acceptors (Lipinski definition) is 2. The predicted octanol–water partition coefficient (Wildman–Crippen LogP) is 7.25. The Hall–Kier alpha value is -3.51. The Morgan fingerprint density at radius 2 is 1.41 bits per heavy atom. The molecule has 0 unspecified atom stereocenters. The molecule has 1 amide bonds. The highest BCUT2D eigenvalue weighted by atomic mass is 16.3. The maximum absolute atomic E-state index is 13.0. The lowest BCUT2D eigenvalue weighted by Gasteiger charge is -2.23. The van der Waals surface area contributed by atoms with Gasteiger partial charge >= 0.3 is 0 Å². The smallest absolute Gasteiger partial charge is 0.227 e. The quantitative estimate of drug-likeness (QED) is 0.259. The number of benzene rings is 3. The first-order valence-electron chi connectivity index (χ1n) is 12.4. The third kappa shape index (κ3) is 7.81. The second-order valence-electron chi connectivity index (χ2n) is 8.70. The minimum atomic E-state index is 0.0744. The van der Waals surface area contributed by atoms with Crippen LogP contribution >= 0.6 is 0 Å². The second kappa shape index (κ2) is 13.3. The number of amides is 1. The van der Waals surface area contributed by atoms with Crippen molar-refractivity contribution in [3.05, 3.63) is 95.1 Å². The summed E-state index contributed by atoms with van der Waals surface area (Å²) in [5.74, 6) is 6.71. The van der Waals surface area contributed by atoms with Crippen LogP contribution in [0.2, 0.25) is 0 Å². The van der Waals surface area contributed by atoms with Crippen LogP contribution in [-0.2, 0) is 17.8 Å². The lowest BCUT2D eigenvalue weighted by molar-refractivity contribution is -0.118. The highest BCUT2D eigenvalue weighted by Crippen LogP contribution is 2.23. The number of phenolic OH excluding ortho intramolecular Hbond substituents is 1. The van der Waals surface area contributed by atoms with Crippen molar-refractivity contribution in [1.82, 2.24) is 0 Å². The van der Waals surface area contributed by atoms with Crippen LogP contribution in [0.3, 0.4) is 0 Å². The van der Waals surface area contributed by atoms with Gasteiger partial charge in [-0.05, 0) is 66.8 Å². The highest BCUT2D eigenvalue weighted by molar-refractivity contribution is 5.93. The maximum atomic E-state index is 13.0. The number of nitrogens with zero attached hydrogens (tertiary/aromatic N) is 1. The van der Waals surface area contributed by atoms with Gasteiger partial charge in [-0.3, -0.25) is 4.79 Å². The van der Waals surface area contributed by atoms with Gasteiger partial charge in [0, 0.05) is 29.3 Å². The Bertz CT molecular complexity index is 1100. The van der Waals surface area contributed by atoms with E-state index in [1.54, 1.807) is 23.1 Å². The summed E-state index contributed by atoms with van der Waals surface area (Å²) < 4.78 is 0. The Labute approximate surface area is 204 Å². The van der Waals surface area contributed by atoms with Crippen molar-refractivity contribution in [2.24, 2.45) is 0 Å². The van der Waals surface area contributed by atoms with Gasteiger partial charge in [-0.25, -0.2) is 0 Å². The summed E-state index contributed by atoms with van der Waals surface area (Å²) in [6.07, 6.45) is 7.02. The first kappa shape index (κ1) is 25.1. The molecule has 0 bridgehead atoms. The predicted molar refractivity (Wildman–Crippen MR) is 141 cm³/mol. The van der Waals surface area contributed by atoms with Gasteiger partial charge in [0.05, 0.1) is 6.54 Å². The fourth-order valence-electron chi connectivity index (χ4n) is 3.80. The van der Waals surface area contributed by atoms with E-state index in [9.17, 15) is 9.90 Å². The van der Waals surface area contributed by atoms with Crippen molar-refractivity contribution < 1.29 is 9.90 Å². The number of unbranched alkanes of at least 4 members (excludes halogenated alkanes) is 3. The van der Waals surface area contributed by atoms with Gasteiger partial charge in [0.1, 0.15) is 5.75 Å². The van der Waals surface area contributed by atoms with E-state index in [-0.39, 0.29) is 11.7 Å². The van der Waals surface area contributed by atoms with E-state index >= 15 is 0 Å². The molecule has 0 aromatic heterocycles. The first-order chi connectivity index (χ1) is 16.6. The van der Waals surface area contributed by atoms with Gasteiger partial charge in [0.15, 0.2) is 0 Å². The molecule has 0 saturated carbocycles. The van der Waals surface area contributed by atoms with Crippen LogP contribution in [0, 0.1) is 11.8 Å². The monoisotopic (exact) mass is 453 g/mol. The van der Waals surface area contributed by atoms with Gasteiger partial charge in [-0.1, -0.05) is 75.3 Å². The van der Waals surface area contributed by atoms with E-state index in [0.29, 0.717) is 18.7 Å². The largest absolute Gasteiger partial charge is 0.508 e. The molecule has 0 aliphatic heterocycles. The van der Waals surface area contributed by atoms with Crippen LogP contribution in [0.5, 0.6) is 5.75 Å². The number of aryl methyl sites for hydroxylation is 1. The van der Waals surface area contributed by atoms with Gasteiger partial charge in [0.25, 0.3) is 0 Å². The molecule has 3 nitrogen and oxygen atoms in total. The third-order valence-corrected chi connectivity index (χ3v) is 5.86. The molecule has 3 rings (SSSR count). The number of anilines is 1. The second-order valence-corrected chi connectivity index (χ2v) is 8.70. The summed E-state index contributed by atoms with van der Waals surface area (Å²) in [6, 6.07) is 23.4. The molecule has 0 heterocycles. The first-order valence-corrected chi connectivity index (χ1v) is 12.4. The van der Waals surface area contributed by atoms with E-state index in [4.69, 9.17) is 0 Å². The summed E-state index contributed by atoms with van der Waals surface area (Å²) in [5.41, 5.74) is 5.05. The molecule has 3 aromatic carbocycles. The SMILES string of the molecule is CCCCCC(=O)N(Cc1ccc(C#Cc2ccc(CCCC)cc2)cc1)c1cccc(O)c1. The molecule has 176 valence electrons. The van der Waals surface area contributed by atoms with E-state index < -0.39 is 0 Å². The number of aromatic hydroxyl groups is 1. The summed E-state index contributed by atoms with van der Waals surface area (Å²) in [6.45, 7) is 4.80. The minimum absolute atomic E-state index is 0.0744. The molecular formula is C31H35NO2. The molecular weight excluding hydrogens is 418 g/mol. The average Bonchev–Trinajstić information content (AvgIpc) is 2.86. The van der Waals surface area contributed by atoms with Crippen LogP contribution in [0.25, 0.3) is 0 Å². The highest BCUT2D eigenvalue weighted by Gasteiger charge is 2.16. The van der Waals surface area contributed by atoms with Gasteiger partial charge in [-0.15, -0.1) is 0 Å². The fourth-order valence-corrected chi connectivity index (χ4v) is 3.80. The number of carbonyl (C=O) groups is 1. The van der Waals surface area contributed by atoms with Crippen molar-refractivity contribution >= 4 is 11.6 Å². The fraction of sp³-hybridized carbons (Fsp3) is 0.323. The topological polar surface area (TPSA) is 40.5 Å². The zero-order chi connectivity index (χ0) is 24.2. The van der Waals surface area contributed by atoms with Gasteiger partial charge in [-0.2, -0.15) is 0 Å². The molecule has 0 fully saturated rings. The standard InChI is InChI=1S/C31H35NO2/c1-3-5-7-12-31(34)32(29-10-8-11-30(33)23-29)24-28-21-19-27(20-22-28)18-17-26-15-13-25(14-16-26)9-6-4-2/h8,10-11,13-16,19-23,33H,3-7,9,12,24H2,1-2H3. The van der Waals surface area contributed by atoms with Crippen LogP contribution < -0.4 is 4.90 Å².